The number of amides is 2. The second kappa shape index (κ2) is 8.97. The molecule has 0 radical (unpaired) electrons. The number of allylic oxidation sites excluding steroid dienone is 1. The topological polar surface area (TPSA) is 73.4 Å². The van der Waals surface area contributed by atoms with E-state index in [1.54, 1.807) is 13.8 Å². The Balaban J connectivity index is 2.07. The standard InChI is InChI=1S/C20H30FN3O2S2/c1-10(2)14-8-13(21)9-15(11(3)4)16(14)23-18(25)24-28-19-22-12(5)17(27-19)20(6,7)26/h8-11,19,22,26H,1-7H3,(H2,23,24,25). The zero-order valence-corrected chi connectivity index (χ0v) is 19.1. The van der Waals surface area contributed by atoms with Crippen molar-refractivity contribution in [3.05, 3.63) is 39.7 Å². The van der Waals surface area contributed by atoms with Gasteiger partial charge in [-0.3, -0.25) is 4.72 Å². The van der Waals surface area contributed by atoms with Gasteiger partial charge in [-0.25, -0.2) is 9.18 Å². The lowest BCUT2D eigenvalue weighted by atomic mass is 9.92. The summed E-state index contributed by atoms with van der Waals surface area (Å²) in [5.74, 6) is -0.145. The number of nitrogens with one attached hydrogen (secondary N) is 3. The summed E-state index contributed by atoms with van der Waals surface area (Å²) in [5, 5.41) is 16.4. The predicted octanol–water partition coefficient (Wildman–Crippen LogP) is 5.46. The number of carbonyl (C=O) groups excluding carboxylic acids is 1. The number of aliphatic hydroxyl groups is 1. The molecule has 0 spiro atoms. The first-order valence-electron chi connectivity index (χ1n) is 9.33. The van der Waals surface area contributed by atoms with Crippen molar-refractivity contribution in [2.75, 3.05) is 5.32 Å². The SMILES string of the molecule is CC1=C(C(C)(C)O)SC(SNC(=O)Nc2c(C(C)C)cc(F)cc2C(C)C)N1. The highest BCUT2D eigenvalue weighted by Crippen LogP contribution is 2.41. The molecule has 28 heavy (non-hydrogen) atoms. The summed E-state index contributed by atoms with van der Waals surface area (Å²) >= 11 is 2.71. The van der Waals surface area contributed by atoms with Gasteiger partial charge in [0.15, 0.2) is 0 Å². The zero-order valence-electron chi connectivity index (χ0n) is 17.4. The van der Waals surface area contributed by atoms with E-state index in [1.807, 2.05) is 34.6 Å². The summed E-state index contributed by atoms with van der Waals surface area (Å²) < 4.78 is 16.7. The third-order valence-electron chi connectivity index (χ3n) is 4.36. The molecule has 0 aliphatic carbocycles. The normalized spacial score (nSPS) is 17.3. The van der Waals surface area contributed by atoms with Crippen LogP contribution < -0.4 is 15.4 Å². The van der Waals surface area contributed by atoms with Gasteiger partial charge in [-0.15, -0.1) is 0 Å². The fourth-order valence-corrected chi connectivity index (χ4v) is 5.17. The van der Waals surface area contributed by atoms with E-state index in [9.17, 15) is 14.3 Å². The molecule has 1 aromatic rings. The molecule has 156 valence electrons. The van der Waals surface area contributed by atoms with Crippen LogP contribution in [0.3, 0.4) is 0 Å². The number of thioether (sulfide) groups is 1. The van der Waals surface area contributed by atoms with Crippen LogP contribution in [0.15, 0.2) is 22.7 Å². The van der Waals surface area contributed by atoms with E-state index in [-0.39, 0.29) is 28.4 Å². The molecule has 0 saturated carbocycles. The highest BCUT2D eigenvalue weighted by molar-refractivity contribution is 8.18. The fourth-order valence-electron chi connectivity index (χ4n) is 3.07. The van der Waals surface area contributed by atoms with Crippen molar-refractivity contribution in [2.24, 2.45) is 0 Å². The molecule has 0 bridgehead atoms. The quantitative estimate of drug-likeness (QED) is 0.454. The minimum Gasteiger partial charge on any atom is -0.385 e. The van der Waals surface area contributed by atoms with E-state index in [4.69, 9.17) is 0 Å². The summed E-state index contributed by atoms with van der Waals surface area (Å²) in [7, 11) is 0. The van der Waals surface area contributed by atoms with Gasteiger partial charge in [0.25, 0.3) is 0 Å². The maximum atomic E-state index is 14.0. The van der Waals surface area contributed by atoms with Crippen molar-refractivity contribution in [2.45, 2.75) is 70.6 Å². The lowest BCUT2D eigenvalue weighted by Crippen LogP contribution is -2.29. The zero-order chi connectivity index (χ0) is 21.2. The van der Waals surface area contributed by atoms with E-state index in [0.29, 0.717) is 5.69 Å². The van der Waals surface area contributed by atoms with E-state index >= 15 is 0 Å². The minimum atomic E-state index is -0.925. The van der Waals surface area contributed by atoms with Gasteiger partial charge in [0.1, 0.15) is 10.5 Å². The molecule has 1 unspecified atom stereocenters. The first-order valence-corrected chi connectivity index (χ1v) is 11.1. The number of hydrogen-bond donors (Lipinski definition) is 4. The van der Waals surface area contributed by atoms with Crippen molar-refractivity contribution in [3.8, 4) is 0 Å². The van der Waals surface area contributed by atoms with Crippen LogP contribution in [0.4, 0.5) is 14.9 Å². The second-order valence-electron chi connectivity index (χ2n) is 8.05. The molecule has 1 aromatic carbocycles. The number of benzene rings is 1. The van der Waals surface area contributed by atoms with Gasteiger partial charge in [0, 0.05) is 16.3 Å². The molecule has 0 aromatic heterocycles. The molecule has 2 amide bonds. The summed E-state index contributed by atoms with van der Waals surface area (Å²) in [6, 6.07) is 2.60. The van der Waals surface area contributed by atoms with Crippen molar-refractivity contribution < 1.29 is 14.3 Å². The summed E-state index contributed by atoms with van der Waals surface area (Å²) in [4.78, 5) is 13.4. The van der Waals surface area contributed by atoms with Crippen molar-refractivity contribution in [1.82, 2.24) is 10.0 Å². The molecule has 8 heteroatoms. The minimum absolute atomic E-state index is 0.0735. The third-order valence-corrected chi connectivity index (χ3v) is 6.95. The van der Waals surface area contributed by atoms with Crippen molar-refractivity contribution in [3.63, 3.8) is 0 Å². The van der Waals surface area contributed by atoms with Crippen molar-refractivity contribution >= 4 is 35.4 Å². The Morgan fingerprint density at radius 1 is 1.25 bits per heavy atom. The number of urea groups is 1. The Morgan fingerprint density at radius 2 is 1.79 bits per heavy atom. The van der Waals surface area contributed by atoms with E-state index in [1.165, 1.54) is 35.8 Å². The number of hydrogen-bond acceptors (Lipinski definition) is 5. The van der Waals surface area contributed by atoms with Crippen LogP contribution in [0, 0.1) is 5.82 Å². The van der Waals surface area contributed by atoms with Gasteiger partial charge in [-0.2, -0.15) is 0 Å². The molecule has 1 heterocycles. The average molecular weight is 428 g/mol. The first kappa shape index (κ1) is 22.9. The molecular formula is C20H30FN3O2S2. The van der Waals surface area contributed by atoms with Crippen LogP contribution in [0.2, 0.25) is 0 Å². The highest BCUT2D eigenvalue weighted by Gasteiger charge is 2.32. The number of halogens is 1. The summed E-state index contributed by atoms with van der Waals surface area (Å²) in [6.07, 6.45) is 0. The van der Waals surface area contributed by atoms with Crippen LogP contribution >= 0.6 is 23.7 Å². The van der Waals surface area contributed by atoms with Gasteiger partial charge in [-0.1, -0.05) is 39.5 Å². The predicted molar refractivity (Wildman–Crippen MR) is 118 cm³/mol. The van der Waals surface area contributed by atoms with Gasteiger partial charge >= 0.3 is 6.03 Å². The van der Waals surface area contributed by atoms with Gasteiger partial charge in [-0.05, 0) is 67.8 Å². The second-order valence-corrected chi connectivity index (χ2v) is 10.4. The van der Waals surface area contributed by atoms with Crippen LogP contribution in [0.25, 0.3) is 0 Å². The molecule has 0 saturated heterocycles. The average Bonchev–Trinajstić information content (AvgIpc) is 2.95. The van der Waals surface area contributed by atoms with Gasteiger partial charge in [0.05, 0.1) is 5.60 Å². The monoisotopic (exact) mass is 427 g/mol. The molecule has 1 aliphatic heterocycles. The molecule has 4 N–H and O–H groups in total. The smallest absolute Gasteiger partial charge is 0.329 e. The summed E-state index contributed by atoms with van der Waals surface area (Å²) in [6.45, 7) is 13.3. The van der Waals surface area contributed by atoms with E-state index < -0.39 is 5.60 Å². The Hall–Kier alpha value is -1.38. The Bertz CT molecular complexity index is 744. The molecule has 2 rings (SSSR count). The van der Waals surface area contributed by atoms with Gasteiger partial charge < -0.3 is 15.7 Å². The molecule has 5 nitrogen and oxygen atoms in total. The maximum absolute atomic E-state index is 14.0. The third kappa shape index (κ3) is 5.58. The lowest BCUT2D eigenvalue weighted by Gasteiger charge is -2.21. The Morgan fingerprint density at radius 3 is 2.21 bits per heavy atom. The Kier molecular flexibility index (Phi) is 7.33. The maximum Gasteiger partial charge on any atom is 0.329 e. The molecule has 1 atom stereocenters. The van der Waals surface area contributed by atoms with Crippen LogP contribution in [-0.2, 0) is 0 Å². The van der Waals surface area contributed by atoms with Crippen molar-refractivity contribution in [1.29, 1.82) is 0 Å². The van der Waals surface area contributed by atoms with Crippen LogP contribution in [0.5, 0.6) is 0 Å². The summed E-state index contributed by atoms with van der Waals surface area (Å²) in [5.41, 5.74) is 2.20. The number of carbonyl (C=O) groups is 1. The largest absolute Gasteiger partial charge is 0.385 e. The molecule has 1 aliphatic rings. The van der Waals surface area contributed by atoms with Crippen LogP contribution in [-0.4, -0.2) is 21.4 Å². The highest BCUT2D eigenvalue weighted by atomic mass is 32.2. The first-order chi connectivity index (χ1) is 12.9. The van der Waals surface area contributed by atoms with E-state index in [2.05, 4.69) is 15.4 Å². The van der Waals surface area contributed by atoms with Crippen LogP contribution in [0.1, 0.15) is 71.4 Å². The Labute approximate surface area is 175 Å². The number of anilines is 1. The molecular weight excluding hydrogens is 397 g/mol. The lowest BCUT2D eigenvalue weighted by molar-refractivity contribution is 0.128. The molecule has 0 fully saturated rings. The van der Waals surface area contributed by atoms with Gasteiger partial charge in [0.2, 0.25) is 0 Å². The van der Waals surface area contributed by atoms with E-state index in [0.717, 1.165) is 21.7 Å². The number of rotatable bonds is 6. The fraction of sp³-hybridized carbons (Fsp3) is 0.550.